The van der Waals surface area contributed by atoms with Crippen LogP contribution in [0.1, 0.15) is 5.56 Å². The monoisotopic (exact) mass is 341 g/mol. The lowest BCUT2D eigenvalue weighted by Crippen LogP contribution is -2.30. The normalized spacial score (nSPS) is 11.6. The molecule has 2 rings (SSSR count). The number of nitrogens with one attached hydrogen (secondary N) is 1. The van der Waals surface area contributed by atoms with Crippen LogP contribution in [0.2, 0.25) is 0 Å². The highest BCUT2D eigenvalue weighted by Crippen LogP contribution is 2.21. The van der Waals surface area contributed by atoms with E-state index >= 15 is 0 Å². The maximum atomic E-state index is 13.5. The zero-order chi connectivity index (χ0) is 17.4. The van der Waals surface area contributed by atoms with Crippen molar-refractivity contribution in [3.8, 4) is 0 Å². The molecule has 0 unspecified atom stereocenters. The maximum Gasteiger partial charge on any atom is 0.471 e. The minimum atomic E-state index is -5.15. The van der Waals surface area contributed by atoms with Crippen molar-refractivity contribution < 1.29 is 35.5 Å². The Bertz CT molecular complexity index is 728. The molecule has 1 aromatic heterocycles. The molecular formula is C12H6F7N3O. The first kappa shape index (κ1) is 16.8. The number of hydrogen-bond acceptors (Lipinski definition) is 2. The van der Waals surface area contributed by atoms with Crippen LogP contribution in [0, 0.1) is 23.3 Å². The van der Waals surface area contributed by atoms with Crippen molar-refractivity contribution in [2.24, 2.45) is 0 Å². The predicted molar refractivity (Wildman–Crippen MR) is 62.3 cm³/mol. The van der Waals surface area contributed by atoms with Crippen molar-refractivity contribution in [2.75, 3.05) is 5.32 Å². The van der Waals surface area contributed by atoms with Gasteiger partial charge in [0.05, 0.1) is 12.1 Å². The van der Waals surface area contributed by atoms with Crippen molar-refractivity contribution in [2.45, 2.75) is 12.7 Å². The average Bonchev–Trinajstić information content (AvgIpc) is 2.88. The number of rotatable bonds is 3. The van der Waals surface area contributed by atoms with Gasteiger partial charge in [0.1, 0.15) is 0 Å². The largest absolute Gasteiger partial charge is 0.471 e. The van der Waals surface area contributed by atoms with E-state index in [9.17, 15) is 35.5 Å². The van der Waals surface area contributed by atoms with Gasteiger partial charge in [0.15, 0.2) is 29.1 Å². The highest BCUT2D eigenvalue weighted by molar-refractivity contribution is 5.94. The van der Waals surface area contributed by atoms with Gasteiger partial charge in [-0.15, -0.1) is 0 Å². The van der Waals surface area contributed by atoms with Gasteiger partial charge in [-0.25, -0.2) is 17.6 Å². The van der Waals surface area contributed by atoms with Crippen LogP contribution in [0.4, 0.5) is 36.6 Å². The third-order valence-corrected chi connectivity index (χ3v) is 2.66. The fraction of sp³-hybridized carbons (Fsp3) is 0.167. The first-order valence-corrected chi connectivity index (χ1v) is 5.83. The van der Waals surface area contributed by atoms with Gasteiger partial charge < -0.3 is 5.32 Å². The van der Waals surface area contributed by atoms with Crippen molar-refractivity contribution in [3.63, 3.8) is 0 Å². The molecule has 0 bridgehead atoms. The first-order valence-electron chi connectivity index (χ1n) is 5.83. The molecule has 2 aromatic rings. The summed E-state index contributed by atoms with van der Waals surface area (Å²) in [5.41, 5.74) is -1.00. The minimum absolute atomic E-state index is 0.0201. The number of alkyl halides is 3. The second-order valence-corrected chi connectivity index (χ2v) is 4.30. The summed E-state index contributed by atoms with van der Waals surface area (Å²) in [6, 6.07) is 0.932. The molecule has 11 heteroatoms. The lowest BCUT2D eigenvalue weighted by Gasteiger charge is -2.07. The Morgan fingerprint density at radius 3 is 2.22 bits per heavy atom. The smallest absolute Gasteiger partial charge is 0.301 e. The quantitative estimate of drug-likeness (QED) is 0.689. The Labute approximate surface area is 123 Å². The number of benzene rings is 1. The summed E-state index contributed by atoms with van der Waals surface area (Å²) >= 11 is 0. The van der Waals surface area contributed by atoms with Crippen molar-refractivity contribution in [1.29, 1.82) is 0 Å². The maximum absolute atomic E-state index is 13.5. The number of carbonyl (C=O) groups excluding carboxylic acids is 1. The van der Waals surface area contributed by atoms with Gasteiger partial charge in [0.25, 0.3) is 0 Å². The molecule has 1 aromatic carbocycles. The van der Waals surface area contributed by atoms with Gasteiger partial charge >= 0.3 is 12.1 Å². The molecular weight excluding hydrogens is 335 g/mol. The van der Waals surface area contributed by atoms with E-state index in [2.05, 4.69) is 5.10 Å². The summed E-state index contributed by atoms with van der Waals surface area (Å²) in [7, 11) is 0. The van der Waals surface area contributed by atoms with Crippen LogP contribution in [0.3, 0.4) is 0 Å². The minimum Gasteiger partial charge on any atom is -0.301 e. The summed E-state index contributed by atoms with van der Waals surface area (Å²) in [5.74, 6) is -9.41. The Balaban J connectivity index is 2.22. The Kier molecular flexibility index (Phi) is 4.30. The third-order valence-electron chi connectivity index (χ3n) is 2.66. The van der Waals surface area contributed by atoms with Crippen molar-refractivity contribution >= 4 is 11.7 Å². The van der Waals surface area contributed by atoms with Gasteiger partial charge in [-0.05, 0) is 0 Å². The molecule has 4 nitrogen and oxygen atoms in total. The SMILES string of the molecule is O=C(Nc1ccn(Cc2c(F)c(F)cc(F)c2F)n1)C(F)(F)F. The Hall–Kier alpha value is -2.59. The molecule has 0 aliphatic carbocycles. The van der Waals surface area contributed by atoms with E-state index in [0.717, 1.165) is 12.3 Å². The van der Waals surface area contributed by atoms with E-state index in [4.69, 9.17) is 0 Å². The highest BCUT2D eigenvalue weighted by Gasteiger charge is 2.39. The topological polar surface area (TPSA) is 46.9 Å². The van der Waals surface area contributed by atoms with Crippen LogP contribution in [-0.2, 0) is 11.3 Å². The molecule has 0 aliphatic rings. The molecule has 124 valence electrons. The molecule has 0 saturated heterocycles. The van der Waals surface area contributed by atoms with E-state index < -0.39 is 53.3 Å². The molecule has 0 aliphatic heterocycles. The second kappa shape index (κ2) is 5.89. The molecule has 0 radical (unpaired) electrons. The van der Waals surface area contributed by atoms with Crippen LogP contribution in [0.5, 0.6) is 0 Å². The number of halogens is 7. The fourth-order valence-corrected chi connectivity index (χ4v) is 1.63. The second-order valence-electron chi connectivity index (χ2n) is 4.30. The van der Waals surface area contributed by atoms with Gasteiger partial charge in [-0.3, -0.25) is 9.48 Å². The van der Waals surface area contributed by atoms with Gasteiger partial charge in [-0.2, -0.15) is 18.3 Å². The molecule has 0 spiro atoms. The fourth-order valence-electron chi connectivity index (χ4n) is 1.63. The van der Waals surface area contributed by atoms with Gasteiger partial charge in [0, 0.05) is 18.3 Å². The van der Waals surface area contributed by atoms with Gasteiger partial charge in [0.2, 0.25) is 0 Å². The van der Waals surface area contributed by atoms with Crippen LogP contribution in [0.25, 0.3) is 0 Å². The van der Waals surface area contributed by atoms with E-state index in [1.165, 1.54) is 5.32 Å². The number of carbonyl (C=O) groups is 1. The molecule has 0 atom stereocenters. The van der Waals surface area contributed by atoms with Crippen LogP contribution < -0.4 is 5.32 Å². The molecule has 1 N–H and O–H groups in total. The number of hydrogen-bond donors (Lipinski definition) is 1. The number of anilines is 1. The lowest BCUT2D eigenvalue weighted by atomic mass is 10.2. The van der Waals surface area contributed by atoms with Crippen LogP contribution in [0.15, 0.2) is 18.3 Å². The molecule has 1 heterocycles. The molecule has 0 saturated carbocycles. The van der Waals surface area contributed by atoms with Crippen LogP contribution >= 0.6 is 0 Å². The summed E-state index contributed by atoms with van der Waals surface area (Å²) < 4.78 is 89.9. The molecule has 23 heavy (non-hydrogen) atoms. The number of aromatic nitrogens is 2. The number of nitrogens with zero attached hydrogens (tertiary/aromatic N) is 2. The predicted octanol–water partition coefficient (Wildman–Crippen LogP) is 2.99. The van der Waals surface area contributed by atoms with Crippen LogP contribution in [-0.4, -0.2) is 21.9 Å². The number of amides is 1. The van der Waals surface area contributed by atoms with Crippen molar-refractivity contribution in [1.82, 2.24) is 9.78 Å². The summed E-state index contributed by atoms with van der Waals surface area (Å²) in [4.78, 5) is 10.7. The van der Waals surface area contributed by atoms with Gasteiger partial charge in [-0.1, -0.05) is 0 Å². The average molecular weight is 341 g/mol. The zero-order valence-corrected chi connectivity index (χ0v) is 10.9. The Morgan fingerprint density at radius 2 is 1.70 bits per heavy atom. The lowest BCUT2D eigenvalue weighted by molar-refractivity contribution is -0.167. The highest BCUT2D eigenvalue weighted by atomic mass is 19.4. The summed E-state index contributed by atoms with van der Waals surface area (Å²) in [6.45, 7) is -0.797. The first-order chi connectivity index (χ1) is 10.6. The zero-order valence-electron chi connectivity index (χ0n) is 10.9. The van der Waals surface area contributed by atoms with E-state index in [-0.39, 0.29) is 6.07 Å². The summed E-state index contributed by atoms with van der Waals surface area (Å²) in [6.07, 6.45) is -4.18. The summed E-state index contributed by atoms with van der Waals surface area (Å²) in [5, 5.41) is 4.82. The standard InChI is InChI=1S/C12H6F7N3O/c13-6-3-7(14)10(16)5(9(6)15)4-22-2-1-8(21-22)20-11(23)12(17,18)19/h1-3H,4H2,(H,20,21,23). The Morgan fingerprint density at radius 1 is 1.13 bits per heavy atom. The van der Waals surface area contributed by atoms with E-state index in [0.29, 0.717) is 4.68 Å². The van der Waals surface area contributed by atoms with Crippen molar-refractivity contribution in [3.05, 3.63) is 47.2 Å². The molecule has 1 amide bonds. The third kappa shape index (κ3) is 3.60. The van der Waals surface area contributed by atoms with E-state index in [1.807, 2.05) is 0 Å². The molecule has 0 fully saturated rings. The van der Waals surface area contributed by atoms with E-state index in [1.54, 1.807) is 0 Å².